The van der Waals surface area contributed by atoms with Crippen molar-refractivity contribution in [3.63, 3.8) is 0 Å². The molecule has 0 spiro atoms. The van der Waals surface area contributed by atoms with Gasteiger partial charge in [0.25, 0.3) is 0 Å². The summed E-state index contributed by atoms with van der Waals surface area (Å²) in [5.74, 6) is 0. The van der Waals surface area contributed by atoms with Gasteiger partial charge in [0.05, 0.1) is 0 Å². The van der Waals surface area contributed by atoms with Gasteiger partial charge in [0.15, 0.2) is 0 Å². The molecule has 2 amide bonds. The van der Waals surface area contributed by atoms with E-state index in [2.05, 4.69) is 91.7 Å². The van der Waals surface area contributed by atoms with Crippen LogP contribution in [0.5, 0.6) is 0 Å². The normalized spacial score (nSPS) is 21.7. The molecule has 2 aromatic rings. The maximum Gasteiger partial charge on any atom is 0.327 e. The highest BCUT2D eigenvalue weighted by atomic mass is 32.1. The number of carbonyl (C=O) groups excluding carboxylic acids is 1. The van der Waals surface area contributed by atoms with Crippen molar-refractivity contribution in [2.45, 2.75) is 50.1 Å². The lowest BCUT2D eigenvalue weighted by Gasteiger charge is -2.46. The highest BCUT2D eigenvalue weighted by Crippen LogP contribution is 2.42. The van der Waals surface area contributed by atoms with Gasteiger partial charge in [-0.15, -0.1) is 0 Å². The van der Waals surface area contributed by atoms with Crippen LogP contribution in [0.15, 0.2) is 60.7 Å². The summed E-state index contributed by atoms with van der Waals surface area (Å²) >= 11 is 4.54. The van der Waals surface area contributed by atoms with Crippen LogP contribution in [-0.2, 0) is 12.0 Å². The van der Waals surface area contributed by atoms with Crippen molar-refractivity contribution in [1.82, 2.24) is 14.5 Å². The van der Waals surface area contributed by atoms with E-state index in [4.69, 9.17) is 0 Å². The Kier molecular flexibility index (Phi) is 7.62. The van der Waals surface area contributed by atoms with Crippen LogP contribution < -0.4 is 5.32 Å². The molecule has 1 N–H and O–H groups in total. The van der Waals surface area contributed by atoms with Crippen molar-refractivity contribution < 1.29 is 4.79 Å². The minimum atomic E-state index is -0.0801. The molecule has 4 nitrogen and oxygen atoms in total. The second-order valence-electron chi connectivity index (χ2n) is 8.19. The van der Waals surface area contributed by atoms with Crippen molar-refractivity contribution in [2.75, 3.05) is 20.6 Å². The molecule has 2 aromatic carbocycles. The Morgan fingerprint density at radius 3 is 2.21 bits per heavy atom. The molecule has 1 aliphatic rings. The SMILES string of the molecule is CN(C)C1(c2ccccc2)CCC(N(S)C(=O)NCCCc2ccccc2)CC1. The first-order chi connectivity index (χ1) is 14.0. The molecule has 0 atom stereocenters. The molecule has 1 aliphatic carbocycles. The van der Waals surface area contributed by atoms with Gasteiger partial charge in [0.1, 0.15) is 0 Å². The van der Waals surface area contributed by atoms with Crippen LogP contribution in [0.25, 0.3) is 0 Å². The van der Waals surface area contributed by atoms with Gasteiger partial charge in [-0.05, 0) is 63.7 Å². The molecule has 29 heavy (non-hydrogen) atoms. The molecular formula is C24H33N3OS. The maximum absolute atomic E-state index is 12.5. The number of amides is 2. The predicted octanol–water partition coefficient (Wildman–Crippen LogP) is 4.88. The molecule has 1 fully saturated rings. The molecule has 0 heterocycles. The minimum Gasteiger partial charge on any atom is -0.337 e. The average molecular weight is 412 g/mol. The lowest BCUT2D eigenvalue weighted by molar-refractivity contribution is 0.0766. The van der Waals surface area contributed by atoms with E-state index in [1.54, 1.807) is 4.31 Å². The van der Waals surface area contributed by atoms with Crippen LogP contribution in [-0.4, -0.2) is 41.9 Å². The van der Waals surface area contributed by atoms with Gasteiger partial charge in [0.2, 0.25) is 0 Å². The number of hydrogen-bond acceptors (Lipinski definition) is 3. The first kappa shape index (κ1) is 21.7. The van der Waals surface area contributed by atoms with Gasteiger partial charge >= 0.3 is 6.03 Å². The second kappa shape index (κ2) is 10.2. The fourth-order valence-electron chi connectivity index (χ4n) is 4.45. The van der Waals surface area contributed by atoms with E-state index in [1.165, 1.54) is 11.1 Å². The Hall–Kier alpha value is -1.98. The minimum absolute atomic E-state index is 0.0402. The predicted molar refractivity (Wildman–Crippen MR) is 123 cm³/mol. The molecule has 156 valence electrons. The Morgan fingerprint density at radius 1 is 1.03 bits per heavy atom. The lowest BCUT2D eigenvalue weighted by atomic mass is 9.74. The topological polar surface area (TPSA) is 35.6 Å². The monoisotopic (exact) mass is 411 g/mol. The summed E-state index contributed by atoms with van der Waals surface area (Å²) in [6.07, 6.45) is 5.85. The second-order valence-corrected chi connectivity index (χ2v) is 8.62. The maximum atomic E-state index is 12.5. The Balaban J connectivity index is 1.48. The molecule has 5 heteroatoms. The first-order valence-electron chi connectivity index (χ1n) is 10.6. The van der Waals surface area contributed by atoms with Crippen LogP contribution in [0.1, 0.15) is 43.2 Å². The molecule has 0 aliphatic heterocycles. The summed E-state index contributed by atoms with van der Waals surface area (Å²) in [4.78, 5) is 14.9. The summed E-state index contributed by atoms with van der Waals surface area (Å²) < 4.78 is 1.62. The van der Waals surface area contributed by atoms with Crippen molar-refractivity contribution in [3.05, 3.63) is 71.8 Å². The number of benzene rings is 2. The summed E-state index contributed by atoms with van der Waals surface area (Å²) in [6.45, 7) is 0.670. The number of aryl methyl sites for hydroxylation is 1. The number of urea groups is 1. The highest BCUT2D eigenvalue weighted by molar-refractivity contribution is 7.78. The van der Waals surface area contributed by atoms with Gasteiger partial charge in [-0.25, -0.2) is 4.79 Å². The first-order valence-corrected chi connectivity index (χ1v) is 11.0. The highest BCUT2D eigenvalue weighted by Gasteiger charge is 2.40. The van der Waals surface area contributed by atoms with Gasteiger partial charge in [0, 0.05) is 18.1 Å². The molecule has 0 bridgehead atoms. The van der Waals surface area contributed by atoms with E-state index in [0.717, 1.165) is 38.5 Å². The number of nitrogens with zero attached hydrogens (tertiary/aromatic N) is 2. The zero-order valence-corrected chi connectivity index (χ0v) is 18.4. The third-order valence-corrected chi connectivity index (χ3v) is 6.77. The Bertz CT molecular complexity index is 758. The van der Waals surface area contributed by atoms with Gasteiger partial charge in [-0.1, -0.05) is 73.5 Å². The molecular weight excluding hydrogens is 378 g/mol. The lowest BCUT2D eigenvalue weighted by Crippen LogP contribution is -2.49. The fourth-order valence-corrected chi connectivity index (χ4v) is 4.75. The Labute approximate surface area is 180 Å². The number of thiol groups is 1. The van der Waals surface area contributed by atoms with E-state index in [1.807, 2.05) is 6.07 Å². The van der Waals surface area contributed by atoms with Crippen molar-refractivity contribution in [1.29, 1.82) is 0 Å². The molecule has 3 rings (SSSR count). The van der Waals surface area contributed by atoms with Crippen molar-refractivity contribution in [3.8, 4) is 0 Å². The fraction of sp³-hybridized carbons (Fsp3) is 0.458. The molecule has 0 unspecified atom stereocenters. The van der Waals surface area contributed by atoms with Crippen molar-refractivity contribution in [2.24, 2.45) is 0 Å². The molecule has 1 saturated carbocycles. The zero-order valence-electron chi connectivity index (χ0n) is 17.6. The standard InChI is InChI=1S/C24H33N3OS/c1-26(2)24(21-13-7-4-8-14-21)17-15-22(16-18-24)27(29)23(28)25-19-9-12-20-10-5-3-6-11-20/h3-8,10-11,13-14,22,29H,9,12,15-19H2,1-2H3,(H,25,28). The van der Waals surface area contributed by atoms with Crippen LogP contribution >= 0.6 is 12.8 Å². The van der Waals surface area contributed by atoms with E-state index in [9.17, 15) is 4.79 Å². The van der Waals surface area contributed by atoms with E-state index >= 15 is 0 Å². The average Bonchev–Trinajstić information content (AvgIpc) is 2.77. The van der Waals surface area contributed by atoms with Crippen LogP contribution in [0, 0.1) is 0 Å². The number of rotatable bonds is 7. The summed E-state index contributed by atoms with van der Waals surface area (Å²) in [5, 5.41) is 3.03. The smallest absolute Gasteiger partial charge is 0.327 e. The van der Waals surface area contributed by atoms with Crippen LogP contribution in [0.2, 0.25) is 0 Å². The molecule has 0 aromatic heterocycles. The third kappa shape index (κ3) is 5.34. The zero-order chi connectivity index (χ0) is 20.7. The summed E-state index contributed by atoms with van der Waals surface area (Å²) in [5.41, 5.74) is 2.70. The summed E-state index contributed by atoms with van der Waals surface area (Å²) in [7, 11) is 4.32. The number of nitrogens with one attached hydrogen (secondary N) is 1. The number of carbonyl (C=O) groups is 1. The van der Waals surface area contributed by atoms with Crippen LogP contribution in [0.4, 0.5) is 4.79 Å². The van der Waals surface area contributed by atoms with Gasteiger partial charge < -0.3 is 5.32 Å². The third-order valence-electron chi connectivity index (χ3n) is 6.26. The largest absolute Gasteiger partial charge is 0.337 e. The van der Waals surface area contributed by atoms with Gasteiger partial charge in [-0.2, -0.15) is 0 Å². The van der Waals surface area contributed by atoms with E-state index in [0.29, 0.717) is 6.54 Å². The van der Waals surface area contributed by atoms with E-state index in [-0.39, 0.29) is 17.6 Å². The van der Waals surface area contributed by atoms with Crippen molar-refractivity contribution >= 4 is 18.8 Å². The molecule has 0 saturated heterocycles. The summed E-state index contributed by atoms with van der Waals surface area (Å²) in [6, 6.07) is 21.2. The Morgan fingerprint density at radius 2 is 1.62 bits per heavy atom. The van der Waals surface area contributed by atoms with Gasteiger partial charge in [-0.3, -0.25) is 9.21 Å². The molecule has 0 radical (unpaired) electrons. The van der Waals surface area contributed by atoms with Crippen LogP contribution in [0.3, 0.4) is 0 Å². The quantitative estimate of drug-likeness (QED) is 0.503. The number of hydrogen-bond donors (Lipinski definition) is 2. The van der Waals surface area contributed by atoms with E-state index < -0.39 is 0 Å².